The fourth-order valence-corrected chi connectivity index (χ4v) is 1.73. The molecule has 6 heteroatoms. The van der Waals surface area contributed by atoms with Gasteiger partial charge in [-0.25, -0.2) is 4.39 Å². The van der Waals surface area contributed by atoms with Gasteiger partial charge < -0.3 is 15.4 Å². The third-order valence-corrected chi connectivity index (χ3v) is 2.85. The predicted molar refractivity (Wildman–Crippen MR) is 73.8 cm³/mol. The quantitative estimate of drug-likeness (QED) is 0.708. The summed E-state index contributed by atoms with van der Waals surface area (Å²) in [5, 5.41) is 20.5. The molecule has 0 unspecified atom stereocenters. The normalized spacial score (nSPS) is 10.2. The molecule has 0 spiro atoms. The van der Waals surface area contributed by atoms with Crippen molar-refractivity contribution in [3.63, 3.8) is 0 Å². The van der Waals surface area contributed by atoms with Crippen molar-refractivity contribution in [2.45, 2.75) is 6.54 Å². The molecule has 20 heavy (non-hydrogen) atoms. The Kier molecular flexibility index (Phi) is 4.50. The molecule has 2 aromatic rings. The van der Waals surface area contributed by atoms with Crippen molar-refractivity contribution in [3.8, 4) is 0 Å². The average Bonchev–Trinajstić information content (AvgIpc) is 2.45. The molecule has 2 rings (SSSR count). The number of rotatable bonds is 4. The van der Waals surface area contributed by atoms with E-state index in [0.717, 1.165) is 5.56 Å². The zero-order valence-corrected chi connectivity index (χ0v) is 10.6. The van der Waals surface area contributed by atoms with Crippen molar-refractivity contribution in [2.24, 2.45) is 0 Å². The van der Waals surface area contributed by atoms with Crippen LogP contribution in [0.25, 0.3) is 0 Å². The molecular formula is C14H13BFNO3. The first-order chi connectivity index (χ1) is 9.58. The van der Waals surface area contributed by atoms with E-state index in [4.69, 9.17) is 10.0 Å². The number of carbonyl (C=O) groups excluding carboxylic acids is 1. The van der Waals surface area contributed by atoms with Crippen molar-refractivity contribution >= 4 is 18.5 Å². The van der Waals surface area contributed by atoms with Crippen LogP contribution >= 0.6 is 0 Å². The van der Waals surface area contributed by atoms with Gasteiger partial charge in [0, 0.05) is 6.54 Å². The monoisotopic (exact) mass is 273 g/mol. The van der Waals surface area contributed by atoms with E-state index in [1.807, 2.05) is 0 Å². The van der Waals surface area contributed by atoms with Gasteiger partial charge in [0.05, 0.1) is 5.56 Å². The van der Waals surface area contributed by atoms with Crippen LogP contribution in [0.3, 0.4) is 0 Å². The summed E-state index contributed by atoms with van der Waals surface area (Å²) >= 11 is 0. The standard InChI is InChI=1S/C14H13BFNO3/c16-13-4-2-1-3-12(13)14(18)17-9-10-5-7-11(8-6-10)15(19)20/h1-8,19-20H,9H2,(H,17,18). The van der Waals surface area contributed by atoms with Crippen LogP contribution in [0.15, 0.2) is 48.5 Å². The summed E-state index contributed by atoms with van der Waals surface area (Å²) in [6.45, 7) is 0.231. The lowest BCUT2D eigenvalue weighted by atomic mass is 9.80. The Morgan fingerprint density at radius 2 is 1.75 bits per heavy atom. The highest BCUT2D eigenvalue weighted by atomic mass is 19.1. The Bertz CT molecular complexity index is 602. The number of benzene rings is 2. The van der Waals surface area contributed by atoms with Crippen LogP contribution in [0.2, 0.25) is 0 Å². The molecule has 2 aromatic carbocycles. The Labute approximate surface area is 116 Å². The maximum absolute atomic E-state index is 13.4. The summed E-state index contributed by atoms with van der Waals surface area (Å²) in [5.74, 6) is -1.06. The van der Waals surface area contributed by atoms with E-state index in [2.05, 4.69) is 5.32 Å². The van der Waals surface area contributed by atoms with Crippen LogP contribution in [-0.2, 0) is 6.54 Å². The van der Waals surface area contributed by atoms with E-state index in [1.54, 1.807) is 30.3 Å². The largest absolute Gasteiger partial charge is 0.488 e. The van der Waals surface area contributed by atoms with Gasteiger partial charge in [0.2, 0.25) is 0 Å². The molecule has 102 valence electrons. The molecule has 0 atom stereocenters. The van der Waals surface area contributed by atoms with Crippen molar-refractivity contribution < 1.29 is 19.2 Å². The highest BCUT2D eigenvalue weighted by Crippen LogP contribution is 2.06. The summed E-state index contributed by atoms with van der Waals surface area (Å²) in [5.41, 5.74) is 1.14. The smallest absolute Gasteiger partial charge is 0.423 e. The van der Waals surface area contributed by atoms with Gasteiger partial charge in [0.1, 0.15) is 5.82 Å². The van der Waals surface area contributed by atoms with Gasteiger partial charge >= 0.3 is 7.12 Å². The van der Waals surface area contributed by atoms with Gasteiger partial charge in [-0.05, 0) is 23.2 Å². The van der Waals surface area contributed by atoms with Crippen LogP contribution in [-0.4, -0.2) is 23.1 Å². The molecule has 0 aliphatic heterocycles. The summed E-state index contributed by atoms with van der Waals surface area (Å²) in [4.78, 5) is 11.8. The molecule has 0 saturated heterocycles. The molecule has 0 heterocycles. The van der Waals surface area contributed by atoms with Crippen LogP contribution in [0.5, 0.6) is 0 Å². The van der Waals surface area contributed by atoms with Gasteiger partial charge in [0.15, 0.2) is 0 Å². The molecule has 0 saturated carbocycles. The minimum absolute atomic E-state index is 0.00472. The molecule has 0 aromatic heterocycles. The minimum atomic E-state index is -1.52. The molecule has 3 N–H and O–H groups in total. The van der Waals surface area contributed by atoms with Gasteiger partial charge in [0.25, 0.3) is 5.91 Å². The molecule has 4 nitrogen and oxygen atoms in total. The Balaban J connectivity index is 1.98. The Morgan fingerprint density at radius 1 is 1.10 bits per heavy atom. The van der Waals surface area contributed by atoms with E-state index in [0.29, 0.717) is 5.46 Å². The lowest BCUT2D eigenvalue weighted by Gasteiger charge is -2.07. The van der Waals surface area contributed by atoms with E-state index < -0.39 is 18.8 Å². The topological polar surface area (TPSA) is 69.6 Å². The average molecular weight is 273 g/mol. The number of halogens is 1. The minimum Gasteiger partial charge on any atom is -0.423 e. The highest BCUT2D eigenvalue weighted by Gasteiger charge is 2.11. The zero-order chi connectivity index (χ0) is 14.5. The van der Waals surface area contributed by atoms with E-state index >= 15 is 0 Å². The van der Waals surface area contributed by atoms with Crippen molar-refractivity contribution in [3.05, 3.63) is 65.5 Å². The third kappa shape index (κ3) is 3.43. The molecule has 0 bridgehead atoms. The summed E-state index contributed by atoms with van der Waals surface area (Å²) in [6, 6.07) is 12.2. The van der Waals surface area contributed by atoms with Crippen LogP contribution in [0.1, 0.15) is 15.9 Å². The molecule has 0 fully saturated rings. The van der Waals surface area contributed by atoms with Gasteiger partial charge in [-0.1, -0.05) is 36.4 Å². The second-order valence-corrected chi connectivity index (χ2v) is 4.28. The first-order valence-electron chi connectivity index (χ1n) is 6.05. The molecule has 0 aliphatic rings. The first kappa shape index (κ1) is 14.2. The molecule has 0 radical (unpaired) electrons. The maximum atomic E-state index is 13.4. The maximum Gasteiger partial charge on any atom is 0.488 e. The molecule has 1 amide bonds. The Hall–Kier alpha value is -2.18. The van der Waals surface area contributed by atoms with Crippen molar-refractivity contribution in [1.82, 2.24) is 5.32 Å². The summed E-state index contributed by atoms with van der Waals surface area (Å²) in [7, 11) is -1.52. The van der Waals surface area contributed by atoms with E-state index in [-0.39, 0.29) is 12.1 Å². The van der Waals surface area contributed by atoms with E-state index in [9.17, 15) is 9.18 Å². The van der Waals surface area contributed by atoms with Crippen molar-refractivity contribution in [1.29, 1.82) is 0 Å². The molecule has 0 aliphatic carbocycles. The SMILES string of the molecule is O=C(NCc1ccc(B(O)O)cc1)c1ccccc1F. The van der Waals surface area contributed by atoms with Gasteiger partial charge in [-0.3, -0.25) is 4.79 Å². The number of amides is 1. The summed E-state index contributed by atoms with van der Waals surface area (Å²) in [6.07, 6.45) is 0. The lowest BCUT2D eigenvalue weighted by molar-refractivity contribution is 0.0947. The number of carbonyl (C=O) groups is 1. The fourth-order valence-electron chi connectivity index (χ4n) is 1.73. The van der Waals surface area contributed by atoms with E-state index in [1.165, 1.54) is 18.2 Å². The predicted octanol–water partition coefficient (Wildman–Crippen LogP) is 0.435. The van der Waals surface area contributed by atoms with Crippen molar-refractivity contribution in [2.75, 3.05) is 0 Å². The zero-order valence-electron chi connectivity index (χ0n) is 10.6. The van der Waals surface area contributed by atoms with Gasteiger partial charge in [-0.2, -0.15) is 0 Å². The lowest BCUT2D eigenvalue weighted by Crippen LogP contribution is -2.30. The number of nitrogens with one attached hydrogen (secondary N) is 1. The number of hydrogen-bond acceptors (Lipinski definition) is 3. The van der Waals surface area contributed by atoms with Crippen LogP contribution in [0, 0.1) is 5.82 Å². The highest BCUT2D eigenvalue weighted by molar-refractivity contribution is 6.58. The fraction of sp³-hybridized carbons (Fsp3) is 0.0714. The van der Waals surface area contributed by atoms with Crippen LogP contribution < -0.4 is 10.8 Å². The van der Waals surface area contributed by atoms with Crippen LogP contribution in [0.4, 0.5) is 4.39 Å². The third-order valence-electron chi connectivity index (χ3n) is 2.85. The number of hydrogen-bond donors (Lipinski definition) is 3. The van der Waals surface area contributed by atoms with Gasteiger partial charge in [-0.15, -0.1) is 0 Å². The summed E-state index contributed by atoms with van der Waals surface area (Å²) < 4.78 is 13.4. The second kappa shape index (κ2) is 6.32. The second-order valence-electron chi connectivity index (χ2n) is 4.28. The molecular weight excluding hydrogens is 260 g/mol. The Morgan fingerprint density at radius 3 is 2.35 bits per heavy atom. The first-order valence-corrected chi connectivity index (χ1v) is 6.05.